The molecule has 8 heteroatoms. The molecule has 1 amide bonds. The molecule has 0 aliphatic rings. The van der Waals surface area contributed by atoms with E-state index in [0.29, 0.717) is 0 Å². The van der Waals surface area contributed by atoms with Crippen LogP contribution in [0.25, 0.3) is 0 Å². The first-order chi connectivity index (χ1) is 14.3. The van der Waals surface area contributed by atoms with E-state index in [4.69, 9.17) is 14.2 Å². The van der Waals surface area contributed by atoms with E-state index in [0.717, 1.165) is 10.5 Å². The van der Waals surface area contributed by atoms with Crippen molar-refractivity contribution < 1.29 is 80.3 Å². The molecule has 1 aromatic carbocycles. The molecular weight excluding hydrogens is 437 g/mol. The minimum Gasteiger partial charge on any atom is -0.608 e. The van der Waals surface area contributed by atoms with E-state index < -0.39 is 35.3 Å². The van der Waals surface area contributed by atoms with Gasteiger partial charge in [0, 0.05) is 18.2 Å². The van der Waals surface area contributed by atoms with Gasteiger partial charge in [-0.15, -0.1) is 0 Å². The molecule has 1 aromatic rings. The third-order valence-corrected chi connectivity index (χ3v) is 3.66. The second-order valence-electron chi connectivity index (χ2n) is 8.89. The van der Waals surface area contributed by atoms with Crippen LogP contribution < -0.4 is 56.5 Å². The van der Waals surface area contributed by atoms with Gasteiger partial charge in [-0.2, -0.15) is 0 Å². The van der Waals surface area contributed by atoms with Crippen molar-refractivity contribution in [2.75, 3.05) is 6.61 Å². The van der Waals surface area contributed by atoms with Crippen molar-refractivity contribution >= 4 is 12.1 Å². The molecule has 0 saturated heterocycles. The zero-order valence-corrected chi connectivity index (χ0v) is 23.6. The molecule has 32 heavy (non-hydrogen) atoms. The van der Waals surface area contributed by atoms with Gasteiger partial charge >= 0.3 is 63.4 Å². The van der Waals surface area contributed by atoms with Crippen molar-refractivity contribution in [2.45, 2.75) is 72.1 Å². The van der Waals surface area contributed by atoms with Crippen LogP contribution in [0.5, 0.6) is 0 Å². The van der Waals surface area contributed by atoms with Gasteiger partial charge in [0.2, 0.25) is 0 Å². The molecule has 7 nitrogen and oxygen atoms in total. The fourth-order valence-corrected chi connectivity index (χ4v) is 2.53. The SMILES string of the molecule is CCOC(=O)[C@H](Cc1ccccc1)N(/C=C\C=C([O-])OC(C)(C)C)C(=O)OC(C)(C)C.[K+]. The van der Waals surface area contributed by atoms with E-state index >= 15 is 0 Å². The van der Waals surface area contributed by atoms with Crippen LogP contribution in [0.3, 0.4) is 0 Å². The molecule has 0 aromatic heterocycles. The Morgan fingerprint density at radius 3 is 2.09 bits per heavy atom. The van der Waals surface area contributed by atoms with Gasteiger partial charge in [0.25, 0.3) is 0 Å². The van der Waals surface area contributed by atoms with Crippen LogP contribution >= 0.6 is 0 Å². The summed E-state index contributed by atoms with van der Waals surface area (Å²) in [5, 5.41) is 12.0. The van der Waals surface area contributed by atoms with Crippen LogP contribution in [-0.4, -0.2) is 40.8 Å². The molecule has 0 aliphatic heterocycles. The molecule has 0 aliphatic carbocycles. The molecule has 1 atom stereocenters. The number of hydrogen-bond acceptors (Lipinski definition) is 6. The number of rotatable bonds is 8. The maximum absolute atomic E-state index is 12.9. The largest absolute Gasteiger partial charge is 1.00 e. The Labute approximate surface area is 234 Å². The van der Waals surface area contributed by atoms with E-state index in [9.17, 15) is 14.7 Å². The second kappa shape index (κ2) is 14.1. The Morgan fingerprint density at radius 1 is 1.03 bits per heavy atom. The topological polar surface area (TPSA) is 88.1 Å². The van der Waals surface area contributed by atoms with E-state index in [2.05, 4.69) is 0 Å². The number of nitrogens with zero attached hydrogens (tertiary/aromatic N) is 1. The van der Waals surface area contributed by atoms with Gasteiger partial charge in [-0.05, 0) is 45.4 Å². The third kappa shape index (κ3) is 12.6. The summed E-state index contributed by atoms with van der Waals surface area (Å²) in [5.74, 6) is -1.14. The maximum atomic E-state index is 12.9. The molecule has 172 valence electrons. The molecule has 0 saturated carbocycles. The van der Waals surface area contributed by atoms with Crippen molar-refractivity contribution in [1.29, 1.82) is 0 Å². The predicted molar refractivity (Wildman–Crippen MR) is 117 cm³/mol. The van der Waals surface area contributed by atoms with E-state index in [1.54, 1.807) is 48.5 Å². The van der Waals surface area contributed by atoms with Crippen molar-refractivity contribution in [3.63, 3.8) is 0 Å². The summed E-state index contributed by atoms with van der Waals surface area (Å²) >= 11 is 0. The first-order valence-electron chi connectivity index (χ1n) is 10.3. The summed E-state index contributed by atoms with van der Waals surface area (Å²) in [6.07, 6.45) is 3.37. The molecular formula is C24H34KNO6. The summed E-state index contributed by atoms with van der Waals surface area (Å²) in [4.78, 5) is 26.8. The van der Waals surface area contributed by atoms with Crippen molar-refractivity contribution in [2.24, 2.45) is 0 Å². The standard InChI is InChI=1S/C24H35NO6.K/c1-8-29-21(27)19(17-18-13-10-9-11-14-18)25(22(28)31-24(5,6)7)16-12-15-20(26)30-23(2,3)4;/h9-16,19,26H,8,17H2,1-7H3;/q;+1/p-1/b16-12-,20-15?;/t19-;/m0./s1. The van der Waals surface area contributed by atoms with Gasteiger partial charge < -0.3 is 19.3 Å². The Kier molecular flexibility index (Phi) is 13.5. The molecule has 1 rings (SSSR count). The quantitative estimate of drug-likeness (QED) is 0.243. The number of allylic oxidation sites excluding steroid dienone is 2. The van der Waals surface area contributed by atoms with Crippen LogP contribution in [-0.2, 0) is 25.4 Å². The Balaban J connectivity index is 0.00000961. The molecule has 0 radical (unpaired) electrons. The third-order valence-electron chi connectivity index (χ3n) is 3.66. The Bertz CT molecular complexity index is 778. The fraction of sp³-hybridized carbons (Fsp3) is 0.500. The van der Waals surface area contributed by atoms with Crippen molar-refractivity contribution in [1.82, 2.24) is 4.90 Å². The molecule has 0 fully saturated rings. The number of esters is 1. The van der Waals surface area contributed by atoms with Crippen LogP contribution in [0.4, 0.5) is 4.79 Å². The minimum absolute atomic E-state index is 0. The molecule has 0 N–H and O–H groups in total. The minimum atomic E-state index is -0.972. The van der Waals surface area contributed by atoms with Crippen LogP contribution in [0.1, 0.15) is 54.0 Å². The Morgan fingerprint density at radius 2 is 1.59 bits per heavy atom. The summed E-state index contributed by atoms with van der Waals surface area (Å²) < 4.78 is 15.9. The zero-order chi connectivity index (χ0) is 23.7. The average Bonchev–Trinajstić information content (AvgIpc) is 2.62. The number of ether oxygens (including phenoxy) is 3. The summed E-state index contributed by atoms with van der Waals surface area (Å²) in [7, 11) is 0. The monoisotopic (exact) mass is 471 g/mol. The molecule has 0 spiro atoms. The Hall–Kier alpha value is -1.32. The fourth-order valence-electron chi connectivity index (χ4n) is 2.53. The first-order valence-corrected chi connectivity index (χ1v) is 10.3. The van der Waals surface area contributed by atoms with Gasteiger partial charge in [0.1, 0.15) is 11.6 Å². The number of amides is 1. The predicted octanol–water partition coefficient (Wildman–Crippen LogP) is 0.932. The van der Waals surface area contributed by atoms with Crippen LogP contribution in [0.15, 0.2) is 54.6 Å². The summed E-state index contributed by atoms with van der Waals surface area (Å²) in [6.45, 7) is 12.3. The van der Waals surface area contributed by atoms with Gasteiger partial charge in [0.05, 0.1) is 12.6 Å². The van der Waals surface area contributed by atoms with Crippen LogP contribution in [0, 0.1) is 0 Å². The number of carbonyl (C=O) groups is 2. The smallest absolute Gasteiger partial charge is 0.608 e. The van der Waals surface area contributed by atoms with Crippen molar-refractivity contribution in [3.8, 4) is 0 Å². The van der Waals surface area contributed by atoms with E-state index in [1.807, 2.05) is 30.3 Å². The summed E-state index contributed by atoms with van der Waals surface area (Å²) in [6, 6.07) is 8.31. The zero-order valence-electron chi connectivity index (χ0n) is 20.5. The number of hydrogen-bond donors (Lipinski definition) is 0. The van der Waals surface area contributed by atoms with Gasteiger partial charge in [-0.25, -0.2) is 9.59 Å². The van der Waals surface area contributed by atoms with E-state index in [1.165, 1.54) is 18.4 Å². The van der Waals surface area contributed by atoms with E-state index in [-0.39, 0.29) is 64.4 Å². The first kappa shape index (κ1) is 30.7. The molecule has 0 heterocycles. The van der Waals surface area contributed by atoms with Gasteiger partial charge in [-0.1, -0.05) is 51.1 Å². The second-order valence-corrected chi connectivity index (χ2v) is 8.89. The van der Waals surface area contributed by atoms with Crippen molar-refractivity contribution in [3.05, 3.63) is 60.2 Å². The maximum Gasteiger partial charge on any atom is 1.00 e. The average molecular weight is 472 g/mol. The van der Waals surface area contributed by atoms with Gasteiger partial charge in [0.15, 0.2) is 0 Å². The number of carbonyl (C=O) groups excluding carboxylic acids is 2. The normalized spacial score (nSPS) is 13.2. The van der Waals surface area contributed by atoms with Crippen LogP contribution in [0.2, 0.25) is 0 Å². The molecule has 0 unspecified atom stereocenters. The molecule has 0 bridgehead atoms. The van der Waals surface area contributed by atoms with Gasteiger partial charge in [-0.3, -0.25) is 4.90 Å². The number of benzene rings is 1. The summed E-state index contributed by atoms with van der Waals surface area (Å²) in [5.41, 5.74) is -0.574.